The first-order valence-electron chi connectivity index (χ1n) is 10.1. The van der Waals surface area contributed by atoms with Gasteiger partial charge >= 0.3 is 6.09 Å². The lowest BCUT2D eigenvalue weighted by molar-refractivity contribution is -0.122. The van der Waals surface area contributed by atoms with Gasteiger partial charge in [0.1, 0.15) is 5.60 Å². The third-order valence-electron chi connectivity index (χ3n) is 4.72. The van der Waals surface area contributed by atoms with E-state index in [1.54, 1.807) is 11.3 Å². The summed E-state index contributed by atoms with van der Waals surface area (Å²) in [6.07, 6.45) is 1.86. The van der Waals surface area contributed by atoms with E-state index in [9.17, 15) is 9.59 Å². The van der Waals surface area contributed by atoms with Gasteiger partial charge < -0.3 is 15.0 Å². The lowest BCUT2D eigenvalue weighted by Gasteiger charge is -2.37. The first-order valence-corrected chi connectivity index (χ1v) is 11.0. The van der Waals surface area contributed by atoms with Crippen molar-refractivity contribution in [1.29, 1.82) is 0 Å². The average molecular weight is 410 g/mol. The predicted octanol–water partition coefficient (Wildman–Crippen LogP) is 3.72. The molecule has 158 valence electrons. The number of piperidine rings is 1. The number of nitrogens with zero attached hydrogens (tertiary/aromatic N) is 2. The molecule has 1 saturated heterocycles. The standard InChI is InChI=1S/C21H35N3O3S/c1-16(2)24(20(26)27-21(3,4)5)14-17-8-6-10-23(13-17)15-19(25)22-12-18-9-7-11-28-18/h7,9,11,16-17H,6,8,10,12-15H2,1-5H3,(H,22,25). The molecular weight excluding hydrogens is 374 g/mol. The molecule has 7 heteroatoms. The van der Waals surface area contributed by atoms with Crippen molar-refractivity contribution >= 4 is 23.3 Å². The van der Waals surface area contributed by atoms with Crippen molar-refractivity contribution in [2.45, 2.75) is 65.6 Å². The van der Waals surface area contributed by atoms with Crippen LogP contribution in [0.5, 0.6) is 0 Å². The van der Waals surface area contributed by atoms with Crippen molar-refractivity contribution < 1.29 is 14.3 Å². The lowest BCUT2D eigenvalue weighted by atomic mass is 9.97. The number of ether oxygens (including phenoxy) is 1. The van der Waals surface area contributed by atoms with Crippen molar-refractivity contribution in [3.05, 3.63) is 22.4 Å². The molecule has 0 saturated carbocycles. The normalized spacial score (nSPS) is 18.1. The van der Waals surface area contributed by atoms with Crippen molar-refractivity contribution in [2.75, 3.05) is 26.2 Å². The summed E-state index contributed by atoms with van der Waals surface area (Å²) in [5.41, 5.74) is -0.497. The highest BCUT2D eigenvalue weighted by Crippen LogP contribution is 2.20. The molecule has 0 spiro atoms. The number of thiophene rings is 1. The summed E-state index contributed by atoms with van der Waals surface area (Å²) in [5.74, 6) is 0.413. The summed E-state index contributed by atoms with van der Waals surface area (Å²) in [6, 6.07) is 4.10. The molecule has 1 aliphatic heterocycles. The quantitative estimate of drug-likeness (QED) is 0.745. The minimum Gasteiger partial charge on any atom is -0.444 e. The van der Waals surface area contributed by atoms with E-state index in [2.05, 4.69) is 10.2 Å². The summed E-state index contributed by atoms with van der Waals surface area (Å²) in [6.45, 7) is 13.1. The van der Waals surface area contributed by atoms with E-state index in [1.807, 2.05) is 57.0 Å². The second-order valence-electron chi connectivity index (χ2n) is 8.83. The number of nitrogens with one attached hydrogen (secondary N) is 1. The molecule has 2 amide bonds. The SMILES string of the molecule is CC(C)N(CC1CCCN(CC(=O)NCc2cccs2)C1)C(=O)OC(C)(C)C. The molecule has 6 nitrogen and oxygen atoms in total. The highest BCUT2D eigenvalue weighted by atomic mass is 32.1. The molecule has 1 unspecified atom stereocenters. The lowest BCUT2D eigenvalue weighted by Crippen LogP contribution is -2.48. The molecule has 0 radical (unpaired) electrons. The molecule has 0 bridgehead atoms. The number of hydrogen-bond donors (Lipinski definition) is 1. The molecule has 2 rings (SSSR count). The zero-order chi connectivity index (χ0) is 20.7. The van der Waals surface area contributed by atoms with Gasteiger partial charge in [-0.3, -0.25) is 9.69 Å². The van der Waals surface area contributed by atoms with E-state index in [0.29, 0.717) is 25.6 Å². The van der Waals surface area contributed by atoms with Crippen LogP contribution >= 0.6 is 11.3 Å². The fourth-order valence-corrected chi connectivity index (χ4v) is 4.04. The number of likely N-dealkylation sites (tertiary alicyclic amines) is 1. The summed E-state index contributed by atoms with van der Waals surface area (Å²) in [7, 11) is 0. The fourth-order valence-electron chi connectivity index (χ4n) is 3.40. The smallest absolute Gasteiger partial charge is 0.410 e. The van der Waals surface area contributed by atoms with Crippen LogP contribution < -0.4 is 5.32 Å². The van der Waals surface area contributed by atoms with Gasteiger partial charge in [-0.25, -0.2) is 4.79 Å². The molecule has 1 aliphatic rings. The molecule has 1 fully saturated rings. The molecule has 1 aromatic heterocycles. The van der Waals surface area contributed by atoms with Gasteiger partial charge in [-0.05, 0) is 71.4 Å². The zero-order valence-electron chi connectivity index (χ0n) is 17.9. The van der Waals surface area contributed by atoms with Crippen molar-refractivity contribution in [1.82, 2.24) is 15.1 Å². The van der Waals surface area contributed by atoms with Crippen molar-refractivity contribution in [2.24, 2.45) is 5.92 Å². The molecule has 2 heterocycles. The Morgan fingerprint density at radius 3 is 2.75 bits per heavy atom. The third-order valence-corrected chi connectivity index (χ3v) is 5.59. The van der Waals surface area contributed by atoms with Gasteiger partial charge in [0.05, 0.1) is 13.1 Å². The maximum atomic E-state index is 12.6. The summed E-state index contributed by atoms with van der Waals surface area (Å²) in [5, 5.41) is 5.01. The summed E-state index contributed by atoms with van der Waals surface area (Å²) < 4.78 is 5.57. The highest BCUT2D eigenvalue weighted by molar-refractivity contribution is 7.09. The van der Waals surface area contributed by atoms with Crippen molar-refractivity contribution in [3.8, 4) is 0 Å². The van der Waals surface area contributed by atoms with E-state index in [1.165, 1.54) is 0 Å². The summed E-state index contributed by atoms with van der Waals surface area (Å²) in [4.78, 5) is 30.0. The Morgan fingerprint density at radius 1 is 1.39 bits per heavy atom. The van der Waals surface area contributed by atoms with E-state index in [0.717, 1.165) is 30.8 Å². The van der Waals surface area contributed by atoms with E-state index in [-0.39, 0.29) is 18.0 Å². The van der Waals surface area contributed by atoms with Crippen LogP contribution in [0.4, 0.5) is 4.79 Å². The number of amides is 2. The Hall–Kier alpha value is -1.60. The third kappa shape index (κ3) is 7.80. The van der Waals surface area contributed by atoms with Crippen LogP contribution in [0.25, 0.3) is 0 Å². The Balaban J connectivity index is 1.83. The maximum Gasteiger partial charge on any atom is 0.410 e. The first-order chi connectivity index (χ1) is 13.1. The minimum absolute atomic E-state index is 0.0573. The van der Waals surface area contributed by atoms with Crippen LogP contribution in [0.1, 0.15) is 52.3 Å². The van der Waals surface area contributed by atoms with Crippen LogP contribution in [-0.2, 0) is 16.1 Å². The Morgan fingerprint density at radius 2 is 2.14 bits per heavy atom. The number of carbonyl (C=O) groups is 2. The van der Waals surface area contributed by atoms with Gasteiger partial charge in [-0.2, -0.15) is 0 Å². The van der Waals surface area contributed by atoms with E-state index >= 15 is 0 Å². The van der Waals surface area contributed by atoms with Crippen molar-refractivity contribution in [3.63, 3.8) is 0 Å². The molecule has 1 atom stereocenters. The topological polar surface area (TPSA) is 61.9 Å². The number of rotatable bonds is 7. The van der Waals surface area contributed by atoms with Gasteiger partial charge in [-0.15, -0.1) is 11.3 Å². The number of carbonyl (C=O) groups excluding carboxylic acids is 2. The second-order valence-corrected chi connectivity index (χ2v) is 9.86. The van der Waals surface area contributed by atoms with Crippen LogP contribution in [0.2, 0.25) is 0 Å². The monoisotopic (exact) mass is 409 g/mol. The van der Waals surface area contributed by atoms with Crippen LogP contribution in [0.15, 0.2) is 17.5 Å². The molecule has 1 aromatic rings. The van der Waals surface area contributed by atoms with Gasteiger partial charge in [-0.1, -0.05) is 6.07 Å². The highest BCUT2D eigenvalue weighted by Gasteiger charge is 2.29. The van der Waals surface area contributed by atoms with Gasteiger partial charge in [0, 0.05) is 24.0 Å². The average Bonchev–Trinajstić information content (AvgIpc) is 3.10. The molecule has 0 aliphatic carbocycles. The zero-order valence-corrected chi connectivity index (χ0v) is 18.7. The summed E-state index contributed by atoms with van der Waals surface area (Å²) >= 11 is 1.65. The number of hydrogen-bond acceptors (Lipinski definition) is 5. The predicted molar refractivity (Wildman–Crippen MR) is 113 cm³/mol. The Bertz CT molecular complexity index is 625. The largest absolute Gasteiger partial charge is 0.444 e. The maximum absolute atomic E-state index is 12.6. The molecule has 1 N–H and O–H groups in total. The van der Waals surface area contributed by atoms with Crippen LogP contribution in [-0.4, -0.2) is 59.6 Å². The van der Waals surface area contributed by atoms with Crippen LogP contribution in [0.3, 0.4) is 0 Å². The van der Waals surface area contributed by atoms with Crippen LogP contribution in [0, 0.1) is 5.92 Å². The Kier molecular flexibility index (Phi) is 8.31. The molecule has 28 heavy (non-hydrogen) atoms. The van der Waals surface area contributed by atoms with E-state index < -0.39 is 5.60 Å². The van der Waals surface area contributed by atoms with E-state index in [4.69, 9.17) is 4.74 Å². The fraction of sp³-hybridized carbons (Fsp3) is 0.714. The minimum atomic E-state index is -0.497. The van der Waals surface area contributed by atoms with Gasteiger partial charge in [0.25, 0.3) is 0 Å². The van der Waals surface area contributed by atoms with Gasteiger partial charge in [0.2, 0.25) is 5.91 Å². The van der Waals surface area contributed by atoms with Gasteiger partial charge in [0.15, 0.2) is 0 Å². The molecular formula is C21H35N3O3S. The Labute approximate surface area is 173 Å². The first kappa shape index (κ1) is 22.7. The molecule has 0 aromatic carbocycles. The second kappa shape index (κ2) is 10.3.